The number of hydrogen-bond acceptors (Lipinski definition) is 2. The van der Waals surface area contributed by atoms with Crippen molar-refractivity contribution in [1.82, 2.24) is 10.2 Å². The predicted molar refractivity (Wildman–Crippen MR) is 101 cm³/mol. The monoisotopic (exact) mass is 350 g/mol. The van der Waals surface area contributed by atoms with Crippen molar-refractivity contribution in [3.63, 3.8) is 0 Å². The number of benzene rings is 2. The topological polar surface area (TPSA) is 15.3 Å². The van der Waals surface area contributed by atoms with E-state index in [-0.39, 0.29) is 0 Å². The van der Waals surface area contributed by atoms with Gasteiger partial charge in [-0.05, 0) is 42.0 Å². The highest BCUT2D eigenvalue weighted by molar-refractivity contribution is 7.99. The lowest BCUT2D eigenvalue weighted by Gasteiger charge is -2.21. The Morgan fingerprint density at radius 2 is 1.82 bits per heavy atom. The molecule has 0 aliphatic carbocycles. The molecule has 0 atom stereocenters. The minimum absolute atomic E-state index is 0.770. The van der Waals surface area contributed by atoms with Crippen molar-refractivity contribution in [2.24, 2.45) is 0 Å². The number of thiocarbonyl (C=S) groups is 1. The van der Waals surface area contributed by atoms with Gasteiger partial charge in [0.1, 0.15) is 0 Å². The normalized spacial score (nSPS) is 10.3. The van der Waals surface area contributed by atoms with Crippen LogP contribution in [0.15, 0.2) is 59.5 Å². The summed E-state index contributed by atoms with van der Waals surface area (Å²) in [5.74, 6) is 0.959. The summed E-state index contributed by atoms with van der Waals surface area (Å²) >= 11 is 13.1. The molecule has 0 fully saturated rings. The van der Waals surface area contributed by atoms with Crippen molar-refractivity contribution in [1.29, 1.82) is 0 Å². The zero-order valence-electron chi connectivity index (χ0n) is 12.5. The molecule has 5 heteroatoms. The summed E-state index contributed by atoms with van der Waals surface area (Å²) in [6.45, 7) is 1.66. The standard InChI is InChI=1S/C17H19ClN2S2/c1-20(13-14-5-3-2-4-6-14)17(21)19-11-12-22-16-9-7-15(18)8-10-16/h2-10H,11-13H2,1H3,(H,19,21). The van der Waals surface area contributed by atoms with E-state index in [1.165, 1.54) is 10.5 Å². The van der Waals surface area contributed by atoms with Crippen molar-refractivity contribution in [3.05, 3.63) is 65.2 Å². The summed E-state index contributed by atoms with van der Waals surface area (Å²) in [7, 11) is 2.01. The molecule has 2 rings (SSSR count). The van der Waals surface area contributed by atoms with E-state index in [2.05, 4.69) is 22.3 Å². The average Bonchev–Trinajstić information content (AvgIpc) is 2.54. The van der Waals surface area contributed by atoms with E-state index < -0.39 is 0 Å². The van der Waals surface area contributed by atoms with Crippen molar-refractivity contribution in [3.8, 4) is 0 Å². The Morgan fingerprint density at radius 3 is 2.50 bits per heavy atom. The molecule has 0 aliphatic rings. The molecule has 0 aromatic heterocycles. The van der Waals surface area contributed by atoms with Crippen LogP contribution in [-0.4, -0.2) is 29.4 Å². The molecule has 2 aromatic rings. The van der Waals surface area contributed by atoms with Crippen LogP contribution in [0.5, 0.6) is 0 Å². The lowest BCUT2D eigenvalue weighted by Crippen LogP contribution is -2.37. The Balaban J connectivity index is 1.67. The maximum absolute atomic E-state index is 5.87. The smallest absolute Gasteiger partial charge is 0.169 e. The summed E-state index contributed by atoms with van der Waals surface area (Å²) in [6, 6.07) is 18.2. The minimum Gasteiger partial charge on any atom is -0.362 e. The summed E-state index contributed by atoms with van der Waals surface area (Å²) in [5, 5.41) is 4.84. The second kappa shape index (κ2) is 9.03. The highest BCUT2D eigenvalue weighted by Gasteiger charge is 2.04. The SMILES string of the molecule is CN(Cc1ccccc1)C(=S)NCCSc1ccc(Cl)cc1. The maximum Gasteiger partial charge on any atom is 0.169 e. The van der Waals surface area contributed by atoms with Gasteiger partial charge in [0.15, 0.2) is 5.11 Å². The maximum atomic E-state index is 5.87. The third-order valence-electron chi connectivity index (χ3n) is 3.07. The fourth-order valence-electron chi connectivity index (χ4n) is 1.92. The van der Waals surface area contributed by atoms with Gasteiger partial charge in [-0.1, -0.05) is 41.9 Å². The van der Waals surface area contributed by atoms with Gasteiger partial charge in [-0.2, -0.15) is 0 Å². The van der Waals surface area contributed by atoms with Gasteiger partial charge >= 0.3 is 0 Å². The van der Waals surface area contributed by atoms with Gasteiger partial charge in [-0.15, -0.1) is 11.8 Å². The van der Waals surface area contributed by atoms with Crippen LogP contribution in [0.25, 0.3) is 0 Å². The lowest BCUT2D eigenvalue weighted by atomic mass is 10.2. The van der Waals surface area contributed by atoms with Gasteiger partial charge in [0.25, 0.3) is 0 Å². The van der Waals surface area contributed by atoms with Gasteiger partial charge in [0, 0.05) is 35.8 Å². The molecular formula is C17H19ClN2S2. The molecule has 0 amide bonds. The van der Waals surface area contributed by atoms with Gasteiger partial charge in [0.05, 0.1) is 0 Å². The quantitative estimate of drug-likeness (QED) is 0.470. The zero-order chi connectivity index (χ0) is 15.8. The molecule has 1 N–H and O–H groups in total. The van der Waals surface area contributed by atoms with Gasteiger partial charge in [-0.3, -0.25) is 0 Å². The third-order valence-corrected chi connectivity index (χ3v) is 4.79. The summed E-state index contributed by atoms with van der Waals surface area (Å²) in [4.78, 5) is 3.27. The highest BCUT2D eigenvalue weighted by atomic mass is 35.5. The van der Waals surface area contributed by atoms with Crippen LogP contribution >= 0.6 is 35.6 Å². The number of nitrogens with one attached hydrogen (secondary N) is 1. The van der Waals surface area contributed by atoms with Crippen LogP contribution < -0.4 is 5.32 Å². The van der Waals surface area contributed by atoms with Crippen molar-refractivity contribution in [2.45, 2.75) is 11.4 Å². The molecule has 22 heavy (non-hydrogen) atoms. The van der Waals surface area contributed by atoms with Crippen LogP contribution in [0.1, 0.15) is 5.56 Å². The fraction of sp³-hybridized carbons (Fsp3) is 0.235. The largest absolute Gasteiger partial charge is 0.362 e. The summed E-state index contributed by atoms with van der Waals surface area (Å²) < 4.78 is 0. The number of halogens is 1. The number of rotatable bonds is 6. The van der Waals surface area contributed by atoms with Gasteiger partial charge in [0.2, 0.25) is 0 Å². The Kier molecular flexibility index (Phi) is 7.03. The van der Waals surface area contributed by atoms with Gasteiger partial charge in [-0.25, -0.2) is 0 Å². The number of thioether (sulfide) groups is 1. The van der Waals surface area contributed by atoms with Crippen LogP contribution in [0.3, 0.4) is 0 Å². The fourth-order valence-corrected chi connectivity index (χ4v) is 2.98. The molecule has 0 aliphatic heterocycles. The molecule has 0 saturated heterocycles. The molecular weight excluding hydrogens is 332 g/mol. The van der Waals surface area contributed by atoms with Gasteiger partial charge < -0.3 is 10.2 Å². The first-order chi connectivity index (χ1) is 10.6. The van der Waals surface area contributed by atoms with E-state index in [1.54, 1.807) is 11.8 Å². The molecule has 0 spiro atoms. The second-order valence-electron chi connectivity index (χ2n) is 4.88. The van der Waals surface area contributed by atoms with E-state index in [9.17, 15) is 0 Å². The molecule has 2 nitrogen and oxygen atoms in total. The zero-order valence-corrected chi connectivity index (χ0v) is 14.8. The second-order valence-corrected chi connectivity index (χ2v) is 6.87. The molecule has 0 unspecified atom stereocenters. The number of nitrogens with zero attached hydrogens (tertiary/aromatic N) is 1. The summed E-state index contributed by atoms with van der Waals surface area (Å²) in [6.07, 6.45) is 0. The van der Waals surface area contributed by atoms with E-state index in [4.69, 9.17) is 23.8 Å². The van der Waals surface area contributed by atoms with E-state index >= 15 is 0 Å². The Hall–Kier alpha value is -1.23. The Bertz CT molecular complexity index is 587. The first kappa shape index (κ1) is 17.1. The summed E-state index contributed by atoms with van der Waals surface area (Å²) in [5.41, 5.74) is 1.25. The van der Waals surface area contributed by atoms with Crippen LogP contribution in [0.2, 0.25) is 5.02 Å². The molecule has 2 aromatic carbocycles. The lowest BCUT2D eigenvalue weighted by molar-refractivity contribution is 0.491. The first-order valence-corrected chi connectivity index (χ1v) is 8.83. The molecule has 0 heterocycles. The number of hydrogen-bond donors (Lipinski definition) is 1. The predicted octanol–water partition coefficient (Wildman–Crippen LogP) is 4.44. The van der Waals surface area contributed by atoms with Crippen LogP contribution in [-0.2, 0) is 6.54 Å². The van der Waals surface area contributed by atoms with Crippen molar-refractivity contribution >= 4 is 40.7 Å². The van der Waals surface area contributed by atoms with Crippen molar-refractivity contribution in [2.75, 3.05) is 19.3 Å². The minimum atomic E-state index is 0.770. The molecule has 0 radical (unpaired) electrons. The van der Waals surface area contributed by atoms with Crippen LogP contribution in [0.4, 0.5) is 0 Å². The molecule has 0 bridgehead atoms. The van der Waals surface area contributed by atoms with E-state index in [0.29, 0.717) is 0 Å². The van der Waals surface area contributed by atoms with Crippen LogP contribution in [0, 0.1) is 0 Å². The first-order valence-electron chi connectivity index (χ1n) is 7.06. The third kappa shape index (κ3) is 5.87. The highest BCUT2D eigenvalue weighted by Crippen LogP contribution is 2.19. The van der Waals surface area contributed by atoms with Crippen molar-refractivity contribution < 1.29 is 0 Å². The Morgan fingerprint density at radius 1 is 1.14 bits per heavy atom. The van der Waals surface area contributed by atoms with E-state index in [1.807, 2.05) is 49.5 Å². The molecule has 116 valence electrons. The van der Waals surface area contributed by atoms with E-state index in [0.717, 1.165) is 29.0 Å². The average molecular weight is 351 g/mol. The molecule has 0 saturated carbocycles. The Labute approximate surface area is 146 Å².